The fraction of sp³-hybridized carbons (Fsp3) is 0.269. The molecule has 4 rings (SSSR count). The van der Waals surface area contributed by atoms with Crippen molar-refractivity contribution < 1.29 is 9.32 Å². The Morgan fingerprint density at radius 1 is 1.12 bits per heavy atom. The van der Waals surface area contributed by atoms with E-state index in [-0.39, 0.29) is 11.8 Å². The second-order valence-corrected chi connectivity index (χ2v) is 10.0. The number of phenolic OH excluding ortho intramolecular Hbond substituents is 1. The molecule has 0 amide bonds. The molecule has 0 bridgehead atoms. The number of nitrogens with one attached hydrogen (secondary N) is 1. The minimum atomic E-state index is -1.34. The highest BCUT2D eigenvalue weighted by atomic mass is 35.5. The average Bonchev–Trinajstić information content (AvgIpc) is 3.23. The fourth-order valence-corrected chi connectivity index (χ4v) is 5.23. The van der Waals surface area contributed by atoms with Gasteiger partial charge in [0.05, 0.1) is 16.6 Å². The van der Waals surface area contributed by atoms with Crippen molar-refractivity contribution >= 4 is 34.0 Å². The molecule has 0 saturated carbocycles. The van der Waals surface area contributed by atoms with Crippen molar-refractivity contribution in [3.05, 3.63) is 87.9 Å². The number of hydrogen-bond donors (Lipinski definition) is 2. The van der Waals surface area contributed by atoms with E-state index in [2.05, 4.69) is 35.9 Å². The standard InChI is InChI=1S/C26H28ClN3O2S/c1-4-19-7-9-20(10-8-19)24-15-22(29-30(24)23-12-11-21(27)14-25(23)31)16-28-33(32)26-13-17(2)5-6-18(26)3/h5-14,24,28,31H,4,15-16H2,1-3H3. The van der Waals surface area contributed by atoms with E-state index < -0.39 is 11.0 Å². The van der Waals surface area contributed by atoms with Crippen LogP contribution in [0.25, 0.3) is 0 Å². The first-order valence-electron chi connectivity index (χ1n) is 11.0. The van der Waals surface area contributed by atoms with Gasteiger partial charge in [0.25, 0.3) is 0 Å². The number of phenols is 1. The molecule has 1 aliphatic rings. The predicted octanol–water partition coefficient (Wildman–Crippen LogP) is 5.84. The zero-order valence-corrected chi connectivity index (χ0v) is 20.6. The van der Waals surface area contributed by atoms with Gasteiger partial charge in [0.2, 0.25) is 0 Å². The molecule has 0 aromatic heterocycles. The Balaban J connectivity index is 1.59. The van der Waals surface area contributed by atoms with Crippen molar-refractivity contribution in [1.82, 2.24) is 4.72 Å². The van der Waals surface area contributed by atoms with E-state index in [0.717, 1.165) is 33.7 Å². The molecular weight excluding hydrogens is 454 g/mol. The van der Waals surface area contributed by atoms with Gasteiger partial charge in [-0.15, -0.1) is 0 Å². The van der Waals surface area contributed by atoms with Gasteiger partial charge >= 0.3 is 0 Å². The van der Waals surface area contributed by atoms with E-state index in [9.17, 15) is 9.32 Å². The van der Waals surface area contributed by atoms with Gasteiger partial charge in [-0.2, -0.15) is 5.10 Å². The van der Waals surface area contributed by atoms with Crippen LogP contribution in [0, 0.1) is 13.8 Å². The fourth-order valence-electron chi connectivity index (χ4n) is 3.96. The topological polar surface area (TPSA) is 64.9 Å². The summed E-state index contributed by atoms with van der Waals surface area (Å²) in [4.78, 5) is 0.785. The van der Waals surface area contributed by atoms with Crippen LogP contribution in [-0.4, -0.2) is 21.6 Å². The van der Waals surface area contributed by atoms with Crippen molar-refractivity contribution in [1.29, 1.82) is 0 Å². The van der Waals surface area contributed by atoms with Crippen molar-refractivity contribution in [2.75, 3.05) is 11.6 Å². The molecule has 7 heteroatoms. The Kier molecular flexibility index (Phi) is 7.17. The third-order valence-corrected chi connectivity index (χ3v) is 7.36. The quantitative estimate of drug-likeness (QED) is 0.445. The van der Waals surface area contributed by atoms with Crippen LogP contribution in [0.4, 0.5) is 5.69 Å². The number of aryl methyl sites for hydroxylation is 3. The zero-order valence-electron chi connectivity index (χ0n) is 19.0. The summed E-state index contributed by atoms with van der Waals surface area (Å²) in [6.07, 6.45) is 1.63. The smallest absolute Gasteiger partial charge is 0.142 e. The molecule has 3 aromatic rings. The largest absolute Gasteiger partial charge is 0.506 e. The second-order valence-electron chi connectivity index (χ2n) is 8.32. The van der Waals surface area contributed by atoms with Crippen molar-refractivity contribution in [2.45, 2.75) is 44.6 Å². The lowest BCUT2D eigenvalue weighted by Gasteiger charge is -2.25. The summed E-state index contributed by atoms with van der Waals surface area (Å²) >= 11 is 6.05. The van der Waals surface area contributed by atoms with Crippen LogP contribution in [-0.2, 0) is 17.4 Å². The molecule has 0 saturated heterocycles. The SMILES string of the molecule is CCc1ccc(C2CC(CNS(=O)c3cc(C)ccc3C)=NN2c2ccc(Cl)cc2O)cc1. The van der Waals surface area contributed by atoms with Crippen LogP contribution in [0.15, 0.2) is 70.7 Å². The lowest BCUT2D eigenvalue weighted by molar-refractivity contribution is 0.472. The van der Waals surface area contributed by atoms with Gasteiger partial charge in [-0.1, -0.05) is 54.9 Å². The van der Waals surface area contributed by atoms with Gasteiger partial charge in [-0.25, -0.2) is 8.93 Å². The lowest BCUT2D eigenvalue weighted by Crippen LogP contribution is -2.25. The molecule has 1 aliphatic heterocycles. The molecule has 172 valence electrons. The van der Waals surface area contributed by atoms with E-state index in [0.29, 0.717) is 23.7 Å². The molecule has 2 N–H and O–H groups in total. The third-order valence-electron chi connectivity index (χ3n) is 5.88. The molecule has 33 heavy (non-hydrogen) atoms. The van der Waals surface area contributed by atoms with Crippen molar-refractivity contribution in [2.24, 2.45) is 5.10 Å². The summed E-state index contributed by atoms with van der Waals surface area (Å²) in [5, 5.41) is 17.7. The van der Waals surface area contributed by atoms with Crippen molar-refractivity contribution in [3.63, 3.8) is 0 Å². The van der Waals surface area contributed by atoms with E-state index >= 15 is 0 Å². The molecule has 0 fully saturated rings. The second kappa shape index (κ2) is 10.1. The van der Waals surface area contributed by atoms with Crippen LogP contribution in [0.1, 0.15) is 41.6 Å². The molecule has 5 nitrogen and oxygen atoms in total. The number of hydrazone groups is 1. The minimum Gasteiger partial charge on any atom is -0.506 e. The maximum Gasteiger partial charge on any atom is 0.142 e. The van der Waals surface area contributed by atoms with Gasteiger partial charge in [0.15, 0.2) is 0 Å². The number of benzene rings is 3. The number of nitrogens with zero attached hydrogens (tertiary/aromatic N) is 2. The molecule has 0 spiro atoms. The van der Waals surface area contributed by atoms with Crippen LogP contribution in [0.2, 0.25) is 5.02 Å². The Hall–Kier alpha value is -2.67. The van der Waals surface area contributed by atoms with Crippen LogP contribution in [0.5, 0.6) is 5.75 Å². The molecule has 2 atom stereocenters. The third kappa shape index (κ3) is 5.29. The zero-order chi connectivity index (χ0) is 23.5. The number of halogens is 1. The summed E-state index contributed by atoms with van der Waals surface area (Å²) in [6.45, 7) is 6.47. The van der Waals surface area contributed by atoms with Gasteiger partial charge in [-0.3, -0.25) is 5.01 Å². The first-order chi connectivity index (χ1) is 15.9. The molecular formula is C26H28ClN3O2S. The lowest BCUT2D eigenvalue weighted by atomic mass is 9.99. The highest BCUT2D eigenvalue weighted by Gasteiger charge is 2.31. The van der Waals surface area contributed by atoms with Gasteiger partial charge < -0.3 is 5.11 Å². The number of rotatable bonds is 7. The maximum absolute atomic E-state index is 12.9. The number of hydrogen-bond acceptors (Lipinski definition) is 4. The normalized spacial score (nSPS) is 16.7. The highest BCUT2D eigenvalue weighted by molar-refractivity contribution is 7.83. The Bertz CT molecular complexity index is 1210. The Labute approximate surface area is 202 Å². The van der Waals surface area contributed by atoms with Gasteiger partial charge in [0.1, 0.15) is 22.4 Å². The summed E-state index contributed by atoms with van der Waals surface area (Å²) < 4.78 is 16.0. The van der Waals surface area contributed by atoms with E-state index in [4.69, 9.17) is 16.7 Å². The van der Waals surface area contributed by atoms with Crippen LogP contribution in [0.3, 0.4) is 0 Å². The predicted molar refractivity (Wildman–Crippen MR) is 137 cm³/mol. The van der Waals surface area contributed by atoms with E-state index in [1.807, 2.05) is 37.1 Å². The monoisotopic (exact) mass is 481 g/mol. The first-order valence-corrected chi connectivity index (χ1v) is 12.5. The average molecular weight is 482 g/mol. The molecule has 0 aliphatic carbocycles. The molecule has 1 heterocycles. The minimum absolute atomic E-state index is 0.0751. The summed E-state index contributed by atoms with van der Waals surface area (Å²) in [5.74, 6) is 0.0783. The Morgan fingerprint density at radius 2 is 1.88 bits per heavy atom. The van der Waals surface area contributed by atoms with E-state index in [1.54, 1.807) is 12.1 Å². The molecule has 2 unspecified atom stereocenters. The van der Waals surface area contributed by atoms with Crippen LogP contribution < -0.4 is 9.73 Å². The van der Waals surface area contributed by atoms with Crippen molar-refractivity contribution in [3.8, 4) is 5.75 Å². The van der Waals surface area contributed by atoms with Gasteiger partial charge in [-0.05, 0) is 60.7 Å². The summed E-state index contributed by atoms with van der Waals surface area (Å²) in [5.41, 5.74) is 5.90. The summed E-state index contributed by atoms with van der Waals surface area (Å²) in [6, 6.07) is 19.4. The first kappa shape index (κ1) is 23.5. The Morgan fingerprint density at radius 3 is 2.58 bits per heavy atom. The van der Waals surface area contributed by atoms with E-state index in [1.165, 1.54) is 11.6 Å². The number of anilines is 1. The number of aromatic hydroxyl groups is 1. The van der Waals surface area contributed by atoms with Crippen LogP contribution >= 0.6 is 11.6 Å². The highest BCUT2D eigenvalue weighted by Crippen LogP contribution is 2.40. The molecule has 3 aromatic carbocycles. The van der Waals surface area contributed by atoms with Gasteiger partial charge in [0, 0.05) is 24.1 Å². The maximum atomic E-state index is 12.9. The summed E-state index contributed by atoms with van der Waals surface area (Å²) in [7, 11) is -1.34. The molecule has 0 radical (unpaired) electrons.